The van der Waals surface area contributed by atoms with Crippen molar-refractivity contribution in [3.05, 3.63) is 176 Å². The van der Waals surface area contributed by atoms with Gasteiger partial charge in [0, 0.05) is 38.2 Å². The maximum Gasteiger partial charge on any atom is 0.164 e. The van der Waals surface area contributed by atoms with Crippen LogP contribution in [0.25, 0.3) is 111 Å². The molecule has 0 atom stereocenters. The van der Waals surface area contributed by atoms with Crippen LogP contribution in [0.2, 0.25) is 0 Å². The lowest BCUT2D eigenvalue weighted by atomic mass is 10.0. The molecule has 0 saturated carbocycles. The Morgan fingerprint density at radius 3 is 1.39 bits per heavy atom. The van der Waals surface area contributed by atoms with E-state index in [2.05, 4.69) is 133 Å². The summed E-state index contributed by atoms with van der Waals surface area (Å²) >= 11 is 0. The zero-order valence-corrected chi connectivity index (χ0v) is 28.9. The van der Waals surface area contributed by atoms with Gasteiger partial charge in [-0.25, -0.2) is 15.0 Å². The fraction of sp³-hybridized carbons (Fsp3) is 0. The Balaban J connectivity index is 0.983. The second-order valence-electron chi connectivity index (χ2n) is 13.6. The van der Waals surface area contributed by atoms with Crippen LogP contribution in [0.4, 0.5) is 0 Å². The standard InChI is InChI=1S/C49H29N3O2/c1-3-9-30(10-4-1)31-15-17-33(18-16-31)48-50-47(32-11-5-2-6-12-32)51-49(52-48)38-20-23-40-39-22-19-37(28-44(39)54-45(40)29-38)36-21-24-43-41(26-36)42-25-34-13-7-8-14-35(34)27-46(42)53-43/h1-29H. The van der Waals surface area contributed by atoms with Crippen LogP contribution in [0.1, 0.15) is 0 Å². The molecule has 54 heavy (non-hydrogen) atoms. The first-order valence-electron chi connectivity index (χ1n) is 18.0. The van der Waals surface area contributed by atoms with Crippen LogP contribution in [-0.4, -0.2) is 15.0 Å². The van der Waals surface area contributed by atoms with Gasteiger partial charge in [-0.3, -0.25) is 0 Å². The van der Waals surface area contributed by atoms with Crippen molar-refractivity contribution in [2.24, 2.45) is 0 Å². The van der Waals surface area contributed by atoms with E-state index in [4.69, 9.17) is 23.8 Å². The Morgan fingerprint density at radius 1 is 0.259 bits per heavy atom. The Bertz CT molecular complexity index is 3200. The van der Waals surface area contributed by atoms with E-state index in [1.807, 2.05) is 42.5 Å². The molecule has 0 radical (unpaired) electrons. The number of aromatic nitrogens is 3. The van der Waals surface area contributed by atoms with Gasteiger partial charge in [-0.2, -0.15) is 0 Å². The smallest absolute Gasteiger partial charge is 0.164 e. The van der Waals surface area contributed by atoms with Crippen molar-refractivity contribution in [3.63, 3.8) is 0 Å². The van der Waals surface area contributed by atoms with Crippen LogP contribution in [0.3, 0.4) is 0 Å². The first-order valence-corrected chi connectivity index (χ1v) is 18.0. The quantitative estimate of drug-likeness (QED) is 0.180. The molecule has 0 N–H and O–H groups in total. The Morgan fingerprint density at radius 2 is 0.685 bits per heavy atom. The SMILES string of the molecule is c1ccc(-c2ccc(-c3nc(-c4ccccc4)nc(-c4ccc5c(c4)oc4cc(-c6ccc7oc8cc9ccccc9cc8c7c6)ccc45)n3)cc2)cc1. The summed E-state index contributed by atoms with van der Waals surface area (Å²) in [4.78, 5) is 14.9. The number of hydrogen-bond acceptors (Lipinski definition) is 5. The molecule has 8 aromatic carbocycles. The second kappa shape index (κ2) is 12.1. The zero-order chi connectivity index (χ0) is 35.6. The summed E-state index contributed by atoms with van der Waals surface area (Å²) in [7, 11) is 0. The Kier molecular flexibility index (Phi) is 6.79. The van der Waals surface area contributed by atoms with Gasteiger partial charge in [0.1, 0.15) is 22.3 Å². The second-order valence-corrected chi connectivity index (χ2v) is 13.6. The molecule has 0 bridgehead atoms. The van der Waals surface area contributed by atoms with Gasteiger partial charge in [0.15, 0.2) is 17.5 Å². The lowest BCUT2D eigenvalue weighted by Crippen LogP contribution is -2.00. The minimum atomic E-state index is 0.586. The van der Waals surface area contributed by atoms with Gasteiger partial charge >= 0.3 is 0 Å². The van der Waals surface area contributed by atoms with Crippen molar-refractivity contribution in [1.29, 1.82) is 0 Å². The average Bonchev–Trinajstić information content (AvgIpc) is 3.79. The minimum absolute atomic E-state index is 0.586. The fourth-order valence-electron chi connectivity index (χ4n) is 7.53. The van der Waals surface area contributed by atoms with E-state index in [0.29, 0.717) is 17.5 Å². The molecule has 3 aromatic heterocycles. The summed E-state index contributed by atoms with van der Waals surface area (Å²) in [6.45, 7) is 0. The van der Waals surface area contributed by atoms with Crippen LogP contribution in [-0.2, 0) is 0 Å². The highest BCUT2D eigenvalue weighted by atomic mass is 16.3. The van der Waals surface area contributed by atoms with Crippen molar-refractivity contribution in [2.45, 2.75) is 0 Å². The van der Waals surface area contributed by atoms with Crippen LogP contribution < -0.4 is 0 Å². The van der Waals surface area contributed by atoms with E-state index in [1.165, 1.54) is 10.8 Å². The van der Waals surface area contributed by atoms with Crippen molar-refractivity contribution in [2.75, 3.05) is 0 Å². The minimum Gasteiger partial charge on any atom is -0.456 e. The lowest BCUT2D eigenvalue weighted by Gasteiger charge is -2.09. The maximum atomic E-state index is 6.56. The number of furan rings is 2. The van der Waals surface area contributed by atoms with Gasteiger partial charge in [0.25, 0.3) is 0 Å². The highest BCUT2D eigenvalue weighted by Gasteiger charge is 2.16. The summed E-state index contributed by atoms with van der Waals surface area (Å²) in [5.74, 6) is 1.82. The molecule has 5 heteroatoms. The van der Waals surface area contributed by atoms with Crippen molar-refractivity contribution >= 4 is 54.6 Å². The third kappa shape index (κ3) is 5.13. The number of fused-ring (bicyclic) bond motifs is 7. The largest absolute Gasteiger partial charge is 0.456 e. The lowest BCUT2D eigenvalue weighted by molar-refractivity contribution is 0.669. The third-order valence-corrected chi connectivity index (χ3v) is 10.3. The van der Waals surface area contributed by atoms with E-state index >= 15 is 0 Å². The molecule has 11 aromatic rings. The first-order chi connectivity index (χ1) is 26.7. The summed E-state index contributed by atoms with van der Waals surface area (Å²) in [5.41, 5.74) is 10.6. The highest BCUT2D eigenvalue weighted by Crippen LogP contribution is 2.38. The van der Waals surface area contributed by atoms with Crippen LogP contribution in [0.15, 0.2) is 185 Å². The fourth-order valence-corrected chi connectivity index (χ4v) is 7.53. The molecule has 0 saturated heterocycles. The number of rotatable bonds is 5. The Labute approximate surface area is 309 Å². The van der Waals surface area contributed by atoms with E-state index in [0.717, 1.165) is 82.8 Å². The van der Waals surface area contributed by atoms with Gasteiger partial charge < -0.3 is 8.83 Å². The van der Waals surface area contributed by atoms with Crippen LogP contribution in [0, 0.1) is 0 Å². The van der Waals surface area contributed by atoms with Gasteiger partial charge in [-0.15, -0.1) is 0 Å². The van der Waals surface area contributed by atoms with Crippen molar-refractivity contribution in [1.82, 2.24) is 15.0 Å². The monoisotopic (exact) mass is 691 g/mol. The normalized spacial score (nSPS) is 11.7. The van der Waals surface area contributed by atoms with E-state index < -0.39 is 0 Å². The number of benzene rings is 8. The molecular formula is C49H29N3O2. The summed E-state index contributed by atoms with van der Waals surface area (Å²) < 4.78 is 12.8. The van der Waals surface area contributed by atoms with Crippen molar-refractivity contribution in [3.8, 4) is 56.4 Å². The highest BCUT2D eigenvalue weighted by molar-refractivity contribution is 6.11. The molecular weight excluding hydrogens is 663 g/mol. The molecule has 0 spiro atoms. The van der Waals surface area contributed by atoms with Crippen molar-refractivity contribution < 1.29 is 8.83 Å². The molecule has 0 amide bonds. The first kappa shape index (κ1) is 30.3. The van der Waals surface area contributed by atoms with Gasteiger partial charge in [-0.05, 0) is 81.6 Å². The summed E-state index contributed by atoms with van der Waals surface area (Å²) in [6, 6.07) is 60.6. The summed E-state index contributed by atoms with van der Waals surface area (Å²) in [5, 5.41) is 6.68. The van der Waals surface area contributed by atoms with E-state index in [9.17, 15) is 0 Å². The van der Waals surface area contributed by atoms with E-state index in [1.54, 1.807) is 0 Å². The molecule has 3 heterocycles. The predicted octanol–water partition coefficient (Wildman–Crippen LogP) is 13.2. The molecule has 0 aliphatic rings. The van der Waals surface area contributed by atoms with Crippen LogP contribution >= 0.6 is 0 Å². The molecule has 5 nitrogen and oxygen atoms in total. The molecule has 0 unspecified atom stereocenters. The average molecular weight is 692 g/mol. The van der Waals surface area contributed by atoms with Crippen LogP contribution in [0.5, 0.6) is 0 Å². The molecule has 0 aliphatic carbocycles. The summed E-state index contributed by atoms with van der Waals surface area (Å²) in [6.07, 6.45) is 0. The number of hydrogen-bond donors (Lipinski definition) is 0. The predicted molar refractivity (Wildman–Crippen MR) is 219 cm³/mol. The van der Waals surface area contributed by atoms with Gasteiger partial charge in [0.05, 0.1) is 0 Å². The molecule has 0 fully saturated rings. The van der Waals surface area contributed by atoms with Gasteiger partial charge in [0.2, 0.25) is 0 Å². The molecule has 0 aliphatic heterocycles. The molecule has 11 rings (SSSR count). The zero-order valence-electron chi connectivity index (χ0n) is 28.9. The third-order valence-electron chi connectivity index (χ3n) is 10.3. The maximum absolute atomic E-state index is 6.56. The number of nitrogens with zero attached hydrogens (tertiary/aromatic N) is 3. The Hall–Kier alpha value is -7.37. The molecule has 252 valence electrons. The topological polar surface area (TPSA) is 65.0 Å². The van der Waals surface area contributed by atoms with E-state index in [-0.39, 0.29) is 0 Å². The van der Waals surface area contributed by atoms with Gasteiger partial charge in [-0.1, -0.05) is 127 Å².